The summed E-state index contributed by atoms with van der Waals surface area (Å²) in [5.41, 5.74) is 0.838. The molecule has 0 bridgehead atoms. The van der Waals surface area contributed by atoms with Crippen molar-refractivity contribution >= 4 is 16.0 Å². The number of rotatable bonds is 6. The lowest BCUT2D eigenvalue weighted by molar-refractivity contribution is -0.139. The molecule has 1 aromatic carbocycles. The fraction of sp³-hybridized carbons (Fsp3) is 0.533. The Bertz CT molecular complexity index is 654. The average Bonchev–Trinajstić information content (AvgIpc) is 2.45. The summed E-state index contributed by atoms with van der Waals surface area (Å²) >= 11 is 0. The lowest BCUT2D eigenvalue weighted by Crippen LogP contribution is -2.41. The molecule has 0 amide bonds. The molecule has 0 spiro atoms. The summed E-state index contributed by atoms with van der Waals surface area (Å²) in [5.74, 6) is -0.401. The molecular formula is C15H21NO5S. The van der Waals surface area contributed by atoms with Gasteiger partial charge in [-0.15, -0.1) is 0 Å². The molecule has 0 saturated heterocycles. The van der Waals surface area contributed by atoms with Crippen molar-refractivity contribution < 1.29 is 23.1 Å². The van der Waals surface area contributed by atoms with Crippen LogP contribution in [-0.4, -0.2) is 32.1 Å². The Morgan fingerprint density at radius 2 is 2.14 bits per heavy atom. The Morgan fingerprint density at radius 1 is 1.41 bits per heavy atom. The van der Waals surface area contributed by atoms with Crippen LogP contribution in [0.3, 0.4) is 0 Å². The minimum atomic E-state index is -3.87. The zero-order valence-corrected chi connectivity index (χ0v) is 13.5. The van der Waals surface area contributed by atoms with Gasteiger partial charge in [-0.3, -0.25) is 4.79 Å². The highest BCUT2D eigenvalue weighted by molar-refractivity contribution is 7.89. The standard InChI is InChI=1S/C15H21NO5S/c1-10(2)8-13(15(17)18)16-22(19,20)12-5-6-14-11(9-12)4-3-7-21-14/h5-6,9-10,13,16H,3-4,7-8H2,1-2H3,(H,17,18)/t13-/m0/s1. The molecule has 2 rings (SSSR count). The number of benzene rings is 1. The molecule has 0 aromatic heterocycles. The topological polar surface area (TPSA) is 92.7 Å². The van der Waals surface area contributed by atoms with Gasteiger partial charge in [0.25, 0.3) is 0 Å². The summed E-state index contributed by atoms with van der Waals surface area (Å²) < 4.78 is 32.5. The van der Waals surface area contributed by atoms with Gasteiger partial charge in [0.05, 0.1) is 11.5 Å². The number of carboxylic acids is 1. The average molecular weight is 327 g/mol. The monoisotopic (exact) mass is 327 g/mol. The van der Waals surface area contributed by atoms with Crippen LogP contribution in [0.25, 0.3) is 0 Å². The van der Waals surface area contributed by atoms with E-state index in [2.05, 4.69) is 4.72 Å². The van der Waals surface area contributed by atoms with E-state index in [1.165, 1.54) is 6.07 Å². The largest absolute Gasteiger partial charge is 0.493 e. The zero-order valence-electron chi connectivity index (χ0n) is 12.7. The van der Waals surface area contributed by atoms with Crippen molar-refractivity contribution in [1.29, 1.82) is 0 Å². The molecule has 1 heterocycles. The van der Waals surface area contributed by atoms with Crippen LogP contribution in [0.1, 0.15) is 32.3 Å². The molecular weight excluding hydrogens is 306 g/mol. The van der Waals surface area contributed by atoms with E-state index in [1.807, 2.05) is 13.8 Å². The van der Waals surface area contributed by atoms with E-state index >= 15 is 0 Å². The maximum atomic E-state index is 12.4. The van der Waals surface area contributed by atoms with Crippen LogP contribution < -0.4 is 9.46 Å². The number of carboxylic acid groups (broad SMARTS) is 1. The van der Waals surface area contributed by atoms with Gasteiger partial charge in [-0.25, -0.2) is 8.42 Å². The van der Waals surface area contributed by atoms with Crippen LogP contribution in [0.2, 0.25) is 0 Å². The number of carbonyl (C=O) groups is 1. The van der Waals surface area contributed by atoms with E-state index in [0.717, 1.165) is 18.4 Å². The van der Waals surface area contributed by atoms with Crippen molar-refractivity contribution in [3.63, 3.8) is 0 Å². The molecule has 0 fully saturated rings. The first kappa shape index (κ1) is 16.8. The Labute approximate surface area is 130 Å². The number of hydrogen-bond acceptors (Lipinski definition) is 4. The number of nitrogens with one attached hydrogen (secondary N) is 1. The number of fused-ring (bicyclic) bond motifs is 1. The van der Waals surface area contributed by atoms with Crippen molar-refractivity contribution in [2.75, 3.05) is 6.61 Å². The number of sulfonamides is 1. The Morgan fingerprint density at radius 3 is 2.77 bits per heavy atom. The molecule has 6 nitrogen and oxygen atoms in total. The molecule has 1 aromatic rings. The second kappa shape index (κ2) is 6.66. The fourth-order valence-corrected chi connectivity index (χ4v) is 3.68. The molecule has 1 atom stereocenters. The fourth-order valence-electron chi connectivity index (χ4n) is 2.43. The first-order valence-corrected chi connectivity index (χ1v) is 8.79. The summed E-state index contributed by atoms with van der Waals surface area (Å²) in [4.78, 5) is 11.3. The minimum Gasteiger partial charge on any atom is -0.493 e. The van der Waals surface area contributed by atoms with Crippen LogP contribution in [0.5, 0.6) is 5.75 Å². The molecule has 1 aliphatic rings. The van der Waals surface area contributed by atoms with Crippen LogP contribution in [0.15, 0.2) is 23.1 Å². The summed E-state index contributed by atoms with van der Waals surface area (Å²) in [7, 11) is -3.87. The maximum absolute atomic E-state index is 12.4. The molecule has 2 N–H and O–H groups in total. The smallest absolute Gasteiger partial charge is 0.321 e. The number of aryl methyl sites for hydroxylation is 1. The second-order valence-electron chi connectivity index (χ2n) is 5.86. The third-order valence-electron chi connectivity index (χ3n) is 3.49. The molecule has 22 heavy (non-hydrogen) atoms. The Hall–Kier alpha value is -1.60. The molecule has 0 aliphatic carbocycles. The van der Waals surface area contributed by atoms with E-state index < -0.39 is 22.0 Å². The van der Waals surface area contributed by atoms with Crippen LogP contribution >= 0.6 is 0 Å². The Balaban J connectivity index is 2.24. The van der Waals surface area contributed by atoms with Crippen LogP contribution in [-0.2, 0) is 21.2 Å². The molecule has 0 saturated carbocycles. The third kappa shape index (κ3) is 3.98. The van der Waals surface area contributed by atoms with Crippen molar-refractivity contribution in [1.82, 2.24) is 4.72 Å². The van der Waals surface area contributed by atoms with Crippen LogP contribution in [0, 0.1) is 5.92 Å². The molecule has 0 unspecified atom stereocenters. The van der Waals surface area contributed by atoms with Gasteiger partial charge in [0.1, 0.15) is 11.8 Å². The van der Waals surface area contributed by atoms with Gasteiger partial charge in [0.2, 0.25) is 10.0 Å². The highest BCUT2D eigenvalue weighted by Crippen LogP contribution is 2.27. The highest BCUT2D eigenvalue weighted by atomic mass is 32.2. The van der Waals surface area contributed by atoms with Gasteiger partial charge in [0.15, 0.2) is 0 Å². The zero-order chi connectivity index (χ0) is 16.3. The summed E-state index contributed by atoms with van der Waals surface area (Å²) in [6.45, 7) is 4.33. The quantitative estimate of drug-likeness (QED) is 0.831. The molecule has 1 aliphatic heterocycles. The van der Waals surface area contributed by atoms with Gasteiger partial charge in [-0.2, -0.15) is 4.72 Å². The van der Waals surface area contributed by atoms with E-state index in [9.17, 15) is 18.3 Å². The van der Waals surface area contributed by atoms with Gasteiger partial charge >= 0.3 is 5.97 Å². The van der Waals surface area contributed by atoms with E-state index in [-0.39, 0.29) is 17.2 Å². The number of aliphatic carboxylic acids is 1. The molecule has 122 valence electrons. The first-order chi connectivity index (χ1) is 10.3. The number of ether oxygens (including phenoxy) is 1. The minimum absolute atomic E-state index is 0.0701. The first-order valence-electron chi connectivity index (χ1n) is 7.30. The predicted molar refractivity (Wildman–Crippen MR) is 81.5 cm³/mol. The van der Waals surface area contributed by atoms with Crippen molar-refractivity contribution in [3.8, 4) is 5.75 Å². The van der Waals surface area contributed by atoms with E-state index in [4.69, 9.17) is 4.74 Å². The lowest BCUT2D eigenvalue weighted by Gasteiger charge is -2.19. The van der Waals surface area contributed by atoms with Gasteiger partial charge < -0.3 is 9.84 Å². The molecule has 0 radical (unpaired) electrons. The van der Waals surface area contributed by atoms with E-state index in [1.54, 1.807) is 12.1 Å². The maximum Gasteiger partial charge on any atom is 0.321 e. The number of hydrogen-bond donors (Lipinski definition) is 2. The molecule has 7 heteroatoms. The van der Waals surface area contributed by atoms with Gasteiger partial charge in [-0.05, 0) is 48.9 Å². The third-order valence-corrected chi connectivity index (χ3v) is 4.96. The highest BCUT2D eigenvalue weighted by Gasteiger charge is 2.27. The van der Waals surface area contributed by atoms with Crippen molar-refractivity contribution in [3.05, 3.63) is 23.8 Å². The van der Waals surface area contributed by atoms with Crippen molar-refractivity contribution in [2.45, 2.75) is 44.0 Å². The summed E-state index contributed by atoms with van der Waals surface area (Å²) in [6, 6.07) is 3.50. The summed E-state index contributed by atoms with van der Waals surface area (Å²) in [5, 5.41) is 9.18. The van der Waals surface area contributed by atoms with E-state index in [0.29, 0.717) is 12.4 Å². The van der Waals surface area contributed by atoms with Gasteiger partial charge in [-0.1, -0.05) is 13.8 Å². The lowest BCUT2D eigenvalue weighted by atomic mass is 10.1. The van der Waals surface area contributed by atoms with Crippen LogP contribution in [0.4, 0.5) is 0 Å². The van der Waals surface area contributed by atoms with Gasteiger partial charge in [0, 0.05) is 0 Å². The summed E-state index contributed by atoms with van der Waals surface area (Å²) in [6.07, 6.45) is 1.84. The SMILES string of the molecule is CC(C)C[C@H](NS(=O)(=O)c1ccc2c(c1)CCCO2)C(=O)O. The normalized spacial score (nSPS) is 16.0. The second-order valence-corrected chi connectivity index (χ2v) is 7.58. The van der Waals surface area contributed by atoms with Crippen molar-refractivity contribution in [2.24, 2.45) is 5.92 Å². The Kier molecular flexibility index (Phi) is 5.08. The predicted octanol–water partition coefficient (Wildman–Crippen LogP) is 1.79.